The van der Waals surface area contributed by atoms with Gasteiger partial charge in [0.25, 0.3) is 5.91 Å². The lowest BCUT2D eigenvalue weighted by Crippen LogP contribution is -2.24. The lowest BCUT2D eigenvalue weighted by atomic mass is 9.86. The quantitative estimate of drug-likeness (QED) is 0.470. The number of hydrazone groups is 1. The van der Waals surface area contributed by atoms with Crippen LogP contribution in [0.3, 0.4) is 0 Å². The molecule has 2 rings (SSSR count). The van der Waals surface area contributed by atoms with Crippen molar-refractivity contribution in [2.45, 2.75) is 33.1 Å². The first-order valence-corrected chi connectivity index (χ1v) is 8.95. The van der Waals surface area contributed by atoms with Gasteiger partial charge < -0.3 is 9.47 Å². The minimum atomic E-state index is -0.403. The molecule has 1 amide bonds. The lowest BCUT2D eigenvalue weighted by Gasteiger charge is -2.20. The van der Waals surface area contributed by atoms with Gasteiger partial charge in [-0.05, 0) is 47.2 Å². The molecule has 6 heteroatoms. The van der Waals surface area contributed by atoms with Gasteiger partial charge in [-0.2, -0.15) is 5.10 Å². The van der Waals surface area contributed by atoms with E-state index >= 15 is 0 Å². The topological polar surface area (TPSA) is 77.0 Å². The lowest BCUT2D eigenvalue weighted by molar-refractivity contribution is -0.123. The Labute approximate surface area is 165 Å². The molecule has 2 aromatic rings. The molecule has 0 heterocycles. The molecule has 0 saturated heterocycles. The van der Waals surface area contributed by atoms with Gasteiger partial charge in [-0.3, -0.25) is 4.79 Å². The summed E-state index contributed by atoms with van der Waals surface area (Å²) in [5.41, 5.74) is 5.86. The second kappa shape index (κ2) is 9.17. The van der Waals surface area contributed by atoms with Gasteiger partial charge in [0.15, 0.2) is 6.61 Å². The van der Waals surface area contributed by atoms with Crippen LogP contribution in [0.25, 0.3) is 0 Å². The highest BCUT2D eigenvalue weighted by Gasteiger charge is 2.15. The molecule has 0 unspecified atom stereocenters. The molecule has 1 N–H and O–H groups in total. The van der Waals surface area contributed by atoms with Gasteiger partial charge in [-0.1, -0.05) is 45.0 Å². The van der Waals surface area contributed by atoms with Crippen molar-refractivity contribution in [3.63, 3.8) is 0 Å². The molecule has 148 valence electrons. The number of benzene rings is 2. The van der Waals surface area contributed by atoms with E-state index in [1.807, 2.05) is 19.1 Å². The van der Waals surface area contributed by atoms with Crippen LogP contribution < -0.4 is 10.2 Å². The van der Waals surface area contributed by atoms with Crippen LogP contribution in [0.1, 0.15) is 47.8 Å². The van der Waals surface area contributed by atoms with Gasteiger partial charge in [-0.25, -0.2) is 10.2 Å². The van der Waals surface area contributed by atoms with Crippen molar-refractivity contribution in [3.8, 4) is 5.75 Å². The van der Waals surface area contributed by atoms with Crippen LogP contribution in [0.2, 0.25) is 0 Å². The second-order valence-electron chi connectivity index (χ2n) is 7.43. The summed E-state index contributed by atoms with van der Waals surface area (Å²) in [4.78, 5) is 23.3. The van der Waals surface area contributed by atoms with Crippen molar-refractivity contribution in [2.24, 2.45) is 5.10 Å². The van der Waals surface area contributed by atoms with Gasteiger partial charge in [0.2, 0.25) is 0 Å². The van der Waals surface area contributed by atoms with Gasteiger partial charge in [0.05, 0.1) is 18.9 Å². The Kier molecular flexibility index (Phi) is 6.93. The Morgan fingerprint density at radius 3 is 2.36 bits per heavy atom. The maximum atomic E-state index is 11.9. The largest absolute Gasteiger partial charge is 0.483 e. The summed E-state index contributed by atoms with van der Waals surface area (Å²) >= 11 is 0. The number of nitrogens with one attached hydrogen (secondary N) is 1. The highest BCUT2D eigenvalue weighted by Crippen LogP contribution is 2.27. The number of nitrogens with zero attached hydrogens (tertiary/aromatic N) is 1. The van der Waals surface area contributed by atoms with E-state index in [-0.39, 0.29) is 17.9 Å². The molecule has 0 atom stereocenters. The van der Waals surface area contributed by atoms with Gasteiger partial charge in [-0.15, -0.1) is 0 Å². The predicted molar refractivity (Wildman–Crippen MR) is 109 cm³/mol. The number of carbonyl (C=O) groups is 2. The molecule has 28 heavy (non-hydrogen) atoms. The monoisotopic (exact) mass is 382 g/mol. The van der Waals surface area contributed by atoms with Crippen molar-refractivity contribution in [1.82, 2.24) is 5.43 Å². The number of ether oxygens (including phenoxy) is 2. The molecular weight excluding hydrogens is 356 g/mol. The Balaban J connectivity index is 1.86. The number of aryl methyl sites for hydroxylation is 1. The summed E-state index contributed by atoms with van der Waals surface area (Å²) in [6, 6.07) is 12.6. The third-order valence-corrected chi connectivity index (χ3v) is 4.13. The molecule has 6 nitrogen and oxygen atoms in total. The molecule has 0 aliphatic carbocycles. The average molecular weight is 382 g/mol. The van der Waals surface area contributed by atoms with E-state index in [0.717, 1.165) is 11.1 Å². The van der Waals surface area contributed by atoms with E-state index in [9.17, 15) is 9.59 Å². The van der Waals surface area contributed by atoms with E-state index in [0.29, 0.717) is 11.3 Å². The maximum Gasteiger partial charge on any atom is 0.337 e. The van der Waals surface area contributed by atoms with Crippen LogP contribution in [-0.2, 0) is 14.9 Å². The third kappa shape index (κ3) is 5.94. The first-order chi connectivity index (χ1) is 13.2. The van der Waals surface area contributed by atoms with Crippen molar-refractivity contribution < 1.29 is 19.1 Å². The van der Waals surface area contributed by atoms with E-state index in [2.05, 4.69) is 42.1 Å². The standard InChI is InChI=1S/C22H26N2O4/c1-15-12-18(22(2,3)4)10-11-19(15)28-14-20(25)24-23-13-16-6-8-17(9-7-16)21(26)27-5/h6-13H,14H2,1-5H3,(H,24,25). The molecule has 0 aliphatic rings. The molecule has 0 spiro atoms. The van der Waals surface area contributed by atoms with E-state index in [1.165, 1.54) is 18.9 Å². The maximum absolute atomic E-state index is 11.9. The Bertz CT molecular complexity index is 865. The Hall–Kier alpha value is -3.15. The fraction of sp³-hybridized carbons (Fsp3) is 0.318. The van der Waals surface area contributed by atoms with Gasteiger partial charge in [0.1, 0.15) is 5.75 Å². The summed E-state index contributed by atoms with van der Waals surface area (Å²) < 4.78 is 10.2. The van der Waals surface area contributed by atoms with Crippen LogP contribution in [0.5, 0.6) is 5.75 Å². The predicted octanol–water partition coefficient (Wildman–Crippen LogP) is 3.61. The van der Waals surface area contributed by atoms with Crippen molar-refractivity contribution in [1.29, 1.82) is 0 Å². The SMILES string of the molecule is COC(=O)c1ccc(C=NNC(=O)COc2ccc(C(C)(C)C)cc2C)cc1. The minimum absolute atomic E-state index is 0.0600. The number of esters is 1. The van der Waals surface area contributed by atoms with Crippen molar-refractivity contribution in [3.05, 3.63) is 64.7 Å². The van der Waals surface area contributed by atoms with E-state index < -0.39 is 5.97 Å². The molecule has 0 aromatic heterocycles. The van der Waals surface area contributed by atoms with Crippen LogP contribution in [-0.4, -0.2) is 31.8 Å². The minimum Gasteiger partial charge on any atom is -0.483 e. The molecule has 0 aliphatic heterocycles. The first kappa shape index (κ1) is 21.2. The fourth-order valence-electron chi connectivity index (χ4n) is 2.46. The highest BCUT2D eigenvalue weighted by molar-refractivity contribution is 5.90. The van der Waals surface area contributed by atoms with Crippen molar-refractivity contribution >= 4 is 18.1 Å². The zero-order valence-corrected chi connectivity index (χ0v) is 16.9. The number of amides is 1. The first-order valence-electron chi connectivity index (χ1n) is 8.95. The van der Waals surface area contributed by atoms with E-state index in [1.54, 1.807) is 24.3 Å². The van der Waals surface area contributed by atoms with Gasteiger partial charge in [0, 0.05) is 0 Å². The molecule has 0 saturated carbocycles. The second-order valence-corrected chi connectivity index (χ2v) is 7.43. The molecule has 2 aromatic carbocycles. The summed E-state index contributed by atoms with van der Waals surface area (Å²) in [5.74, 6) is -0.0907. The summed E-state index contributed by atoms with van der Waals surface area (Å²) in [6.07, 6.45) is 1.49. The van der Waals surface area contributed by atoms with Crippen LogP contribution in [0.15, 0.2) is 47.6 Å². The number of carbonyl (C=O) groups excluding carboxylic acids is 2. The number of hydrogen-bond donors (Lipinski definition) is 1. The summed E-state index contributed by atoms with van der Waals surface area (Å²) in [7, 11) is 1.33. The molecule has 0 bridgehead atoms. The fourth-order valence-corrected chi connectivity index (χ4v) is 2.46. The Morgan fingerprint density at radius 2 is 1.79 bits per heavy atom. The summed E-state index contributed by atoms with van der Waals surface area (Å²) in [5, 5.41) is 3.90. The molecule has 0 radical (unpaired) electrons. The molecular formula is C22H26N2O4. The van der Waals surface area contributed by atoms with Crippen LogP contribution >= 0.6 is 0 Å². The number of methoxy groups -OCH3 is 1. The van der Waals surface area contributed by atoms with Crippen LogP contribution in [0.4, 0.5) is 0 Å². The zero-order chi connectivity index (χ0) is 20.7. The average Bonchev–Trinajstić information content (AvgIpc) is 2.66. The number of rotatable bonds is 6. The van der Waals surface area contributed by atoms with E-state index in [4.69, 9.17) is 4.74 Å². The van der Waals surface area contributed by atoms with Gasteiger partial charge >= 0.3 is 5.97 Å². The Morgan fingerprint density at radius 1 is 1.11 bits per heavy atom. The molecule has 0 fully saturated rings. The zero-order valence-electron chi connectivity index (χ0n) is 16.9. The highest BCUT2D eigenvalue weighted by atomic mass is 16.5. The smallest absolute Gasteiger partial charge is 0.337 e. The number of hydrogen-bond acceptors (Lipinski definition) is 5. The van der Waals surface area contributed by atoms with Crippen molar-refractivity contribution in [2.75, 3.05) is 13.7 Å². The third-order valence-electron chi connectivity index (χ3n) is 4.13. The van der Waals surface area contributed by atoms with Crippen LogP contribution in [0, 0.1) is 6.92 Å². The normalized spacial score (nSPS) is 11.3. The summed E-state index contributed by atoms with van der Waals surface area (Å²) in [6.45, 7) is 8.27.